The Morgan fingerprint density at radius 3 is 2.21 bits per heavy atom. The lowest BCUT2D eigenvalue weighted by atomic mass is 9.95. The number of hydrogen-bond acceptors (Lipinski definition) is 7. The molecule has 0 amide bonds. The number of rotatable bonds is 6. The van der Waals surface area contributed by atoms with Gasteiger partial charge < -0.3 is 23.7 Å². The highest BCUT2D eigenvalue weighted by atomic mass is 79.9. The fraction of sp³-hybridized carbons (Fsp3) is 0.269. The van der Waals surface area contributed by atoms with Gasteiger partial charge in [-0.3, -0.25) is 0 Å². The van der Waals surface area contributed by atoms with Crippen molar-refractivity contribution >= 4 is 21.6 Å². The van der Waals surface area contributed by atoms with Gasteiger partial charge in [-0.2, -0.15) is 5.10 Å². The molecule has 0 fully saturated rings. The summed E-state index contributed by atoms with van der Waals surface area (Å²) in [6.45, 7) is 0. The fourth-order valence-electron chi connectivity index (χ4n) is 4.47. The smallest absolute Gasteiger partial charge is 0.214 e. The number of halogens is 1. The highest BCUT2D eigenvalue weighted by Crippen LogP contribution is 2.49. The lowest BCUT2D eigenvalue weighted by molar-refractivity contribution is -0.0192. The first kappa shape index (κ1) is 22.4. The SMILES string of the molecule is COc1ccc(C2=NN3[C@@H](c4ccc(OC)c(OC)c4)Oc4ccc(Br)cc4[C@@H]3C2)cc1OC. The second-order valence-corrected chi connectivity index (χ2v) is 8.90. The minimum absolute atomic E-state index is 0.0162. The van der Waals surface area contributed by atoms with Crippen LogP contribution in [0.5, 0.6) is 28.7 Å². The molecule has 0 aliphatic carbocycles. The Bertz CT molecular complexity index is 1260. The second kappa shape index (κ2) is 9.10. The van der Waals surface area contributed by atoms with Crippen molar-refractivity contribution in [3.63, 3.8) is 0 Å². The Kier molecular flexibility index (Phi) is 6.00. The van der Waals surface area contributed by atoms with Crippen LogP contribution in [0, 0.1) is 0 Å². The van der Waals surface area contributed by atoms with Gasteiger partial charge in [-0.15, -0.1) is 0 Å². The molecule has 2 aliphatic rings. The molecule has 34 heavy (non-hydrogen) atoms. The molecule has 3 aromatic carbocycles. The molecule has 0 aromatic heterocycles. The van der Waals surface area contributed by atoms with Gasteiger partial charge in [-0.1, -0.05) is 15.9 Å². The van der Waals surface area contributed by atoms with E-state index in [-0.39, 0.29) is 6.04 Å². The lowest BCUT2D eigenvalue weighted by Crippen LogP contribution is -2.33. The quantitative estimate of drug-likeness (QED) is 0.410. The number of fused-ring (bicyclic) bond motifs is 3. The molecule has 7 nitrogen and oxygen atoms in total. The van der Waals surface area contributed by atoms with Crippen molar-refractivity contribution < 1.29 is 23.7 Å². The summed E-state index contributed by atoms with van der Waals surface area (Å²) in [6.07, 6.45) is 0.308. The Hall–Kier alpha value is -3.39. The lowest BCUT2D eigenvalue weighted by Gasteiger charge is -2.38. The Balaban J connectivity index is 1.59. The molecule has 0 bridgehead atoms. The molecule has 0 radical (unpaired) electrons. The van der Waals surface area contributed by atoms with Crippen LogP contribution in [0.4, 0.5) is 0 Å². The van der Waals surface area contributed by atoms with Gasteiger partial charge in [0.05, 0.1) is 40.2 Å². The molecule has 2 heterocycles. The van der Waals surface area contributed by atoms with E-state index in [1.54, 1.807) is 28.4 Å². The molecule has 0 N–H and O–H groups in total. The molecule has 0 saturated carbocycles. The number of nitrogens with zero attached hydrogens (tertiary/aromatic N) is 2. The van der Waals surface area contributed by atoms with E-state index in [2.05, 4.69) is 22.0 Å². The van der Waals surface area contributed by atoms with Crippen LogP contribution < -0.4 is 23.7 Å². The molecule has 0 unspecified atom stereocenters. The number of hydrazone groups is 1. The van der Waals surface area contributed by atoms with E-state index in [1.807, 2.05) is 53.5 Å². The molecular formula is C26H25BrN2O5. The number of ether oxygens (including phenoxy) is 5. The molecule has 0 saturated heterocycles. The van der Waals surface area contributed by atoms with Gasteiger partial charge in [0.25, 0.3) is 0 Å². The van der Waals surface area contributed by atoms with Crippen molar-refractivity contribution in [1.82, 2.24) is 5.01 Å². The van der Waals surface area contributed by atoms with Gasteiger partial charge in [0, 0.05) is 27.6 Å². The summed E-state index contributed by atoms with van der Waals surface area (Å²) in [6, 6.07) is 17.8. The van der Waals surface area contributed by atoms with Crippen LogP contribution in [0.3, 0.4) is 0 Å². The minimum Gasteiger partial charge on any atom is -0.493 e. The normalized spacial score (nSPS) is 18.4. The van der Waals surface area contributed by atoms with Crippen LogP contribution in [-0.4, -0.2) is 39.2 Å². The van der Waals surface area contributed by atoms with Crippen LogP contribution in [0.25, 0.3) is 0 Å². The van der Waals surface area contributed by atoms with Gasteiger partial charge >= 0.3 is 0 Å². The molecular weight excluding hydrogens is 500 g/mol. The van der Waals surface area contributed by atoms with Crippen LogP contribution in [-0.2, 0) is 0 Å². The van der Waals surface area contributed by atoms with E-state index in [4.69, 9.17) is 28.8 Å². The number of methoxy groups -OCH3 is 4. The molecule has 2 atom stereocenters. The van der Waals surface area contributed by atoms with Crippen molar-refractivity contribution in [2.45, 2.75) is 18.7 Å². The zero-order valence-corrected chi connectivity index (χ0v) is 21.0. The van der Waals surface area contributed by atoms with Crippen molar-refractivity contribution in [2.24, 2.45) is 5.10 Å². The first-order valence-electron chi connectivity index (χ1n) is 10.8. The molecule has 176 valence electrons. The summed E-state index contributed by atoms with van der Waals surface area (Å²) < 4.78 is 29.3. The molecule has 8 heteroatoms. The first-order chi connectivity index (χ1) is 16.6. The summed E-state index contributed by atoms with van der Waals surface area (Å²) in [7, 11) is 6.52. The number of hydrogen-bond donors (Lipinski definition) is 0. The fourth-order valence-corrected chi connectivity index (χ4v) is 4.85. The largest absolute Gasteiger partial charge is 0.493 e. The Morgan fingerprint density at radius 1 is 0.824 bits per heavy atom. The predicted molar refractivity (Wildman–Crippen MR) is 132 cm³/mol. The minimum atomic E-state index is -0.420. The second-order valence-electron chi connectivity index (χ2n) is 7.98. The average Bonchev–Trinajstić information content (AvgIpc) is 3.33. The van der Waals surface area contributed by atoms with Crippen LogP contribution in [0.2, 0.25) is 0 Å². The molecule has 3 aromatic rings. The molecule has 2 aliphatic heterocycles. The third kappa shape index (κ3) is 3.81. The predicted octanol–water partition coefficient (Wildman–Crippen LogP) is 5.73. The van der Waals surface area contributed by atoms with E-state index in [9.17, 15) is 0 Å². The summed E-state index contributed by atoms with van der Waals surface area (Å²) in [5, 5.41) is 7.07. The van der Waals surface area contributed by atoms with Gasteiger partial charge in [0.15, 0.2) is 23.0 Å². The van der Waals surface area contributed by atoms with E-state index in [0.29, 0.717) is 23.0 Å². The maximum absolute atomic E-state index is 6.48. The topological polar surface area (TPSA) is 61.8 Å². The van der Waals surface area contributed by atoms with Crippen molar-refractivity contribution in [3.05, 3.63) is 75.8 Å². The van der Waals surface area contributed by atoms with E-state index in [0.717, 1.165) is 39.0 Å². The average molecular weight is 525 g/mol. The zero-order valence-electron chi connectivity index (χ0n) is 19.4. The maximum Gasteiger partial charge on any atom is 0.214 e. The Morgan fingerprint density at radius 2 is 1.50 bits per heavy atom. The van der Waals surface area contributed by atoms with Gasteiger partial charge in [-0.05, 0) is 54.6 Å². The first-order valence-corrected chi connectivity index (χ1v) is 11.6. The van der Waals surface area contributed by atoms with E-state index < -0.39 is 6.23 Å². The molecule has 5 rings (SSSR count). The number of benzene rings is 3. The summed E-state index contributed by atoms with van der Waals surface area (Å²) in [4.78, 5) is 0. The summed E-state index contributed by atoms with van der Waals surface area (Å²) in [5.41, 5.74) is 3.95. The third-order valence-electron chi connectivity index (χ3n) is 6.16. The van der Waals surface area contributed by atoms with Crippen LogP contribution >= 0.6 is 15.9 Å². The van der Waals surface area contributed by atoms with Crippen LogP contribution in [0.15, 0.2) is 64.2 Å². The molecule has 0 spiro atoms. The highest BCUT2D eigenvalue weighted by molar-refractivity contribution is 9.10. The van der Waals surface area contributed by atoms with Crippen LogP contribution in [0.1, 0.15) is 35.4 Å². The maximum atomic E-state index is 6.48. The van der Waals surface area contributed by atoms with Crippen molar-refractivity contribution in [3.8, 4) is 28.7 Å². The zero-order chi connectivity index (χ0) is 23.8. The highest BCUT2D eigenvalue weighted by Gasteiger charge is 2.41. The van der Waals surface area contributed by atoms with Gasteiger partial charge in [0.1, 0.15) is 5.75 Å². The monoisotopic (exact) mass is 524 g/mol. The van der Waals surface area contributed by atoms with E-state index >= 15 is 0 Å². The Labute approximate surface area is 207 Å². The summed E-state index contributed by atoms with van der Waals surface area (Å²) >= 11 is 3.60. The van der Waals surface area contributed by atoms with E-state index in [1.165, 1.54) is 0 Å². The van der Waals surface area contributed by atoms with Crippen molar-refractivity contribution in [2.75, 3.05) is 28.4 Å². The van der Waals surface area contributed by atoms with Crippen molar-refractivity contribution in [1.29, 1.82) is 0 Å². The summed E-state index contributed by atoms with van der Waals surface area (Å²) in [5.74, 6) is 3.50. The van der Waals surface area contributed by atoms with Gasteiger partial charge in [0.2, 0.25) is 6.23 Å². The third-order valence-corrected chi connectivity index (χ3v) is 6.65. The standard InChI is InChI=1S/C26H25BrN2O5/c1-30-22-8-5-15(11-24(22)32-3)19-14-20-18-13-17(27)7-10-21(18)34-26(29(20)28-19)16-6-9-23(31-2)25(12-16)33-4/h5-13,20,26H,14H2,1-4H3/t20-,26+/m0/s1. The van der Waals surface area contributed by atoms with Gasteiger partial charge in [-0.25, -0.2) is 5.01 Å².